The van der Waals surface area contributed by atoms with E-state index in [0.29, 0.717) is 0 Å². The van der Waals surface area contributed by atoms with Crippen LogP contribution in [0.3, 0.4) is 0 Å². The largest absolute Gasteiger partial charge is 4.00 e. The molecule has 4 aromatic carbocycles. The summed E-state index contributed by atoms with van der Waals surface area (Å²) in [5.74, 6) is 0. The van der Waals surface area contributed by atoms with Crippen molar-refractivity contribution >= 4 is 0 Å². The maximum Gasteiger partial charge on any atom is 4.00 e. The van der Waals surface area contributed by atoms with Crippen LogP contribution in [0, 0.1) is 12.1 Å². The van der Waals surface area contributed by atoms with Crippen LogP contribution in [-0.4, -0.2) is 0 Å². The summed E-state index contributed by atoms with van der Waals surface area (Å²) < 4.78 is 0. The van der Waals surface area contributed by atoms with Crippen molar-refractivity contribution in [2.24, 2.45) is 0 Å². The topological polar surface area (TPSA) is 0 Å². The zero-order valence-corrected chi connectivity index (χ0v) is 18.6. The van der Waals surface area contributed by atoms with Crippen molar-refractivity contribution in [1.82, 2.24) is 0 Å². The first kappa shape index (κ1) is 18.1. The Morgan fingerprint density at radius 3 is 1.41 bits per heavy atom. The van der Waals surface area contributed by atoms with Crippen LogP contribution < -0.4 is 0 Å². The minimum atomic E-state index is 0. The molecule has 2 aliphatic rings. The Hall–Kier alpha value is -2.25. The molecule has 2 aliphatic carbocycles. The summed E-state index contributed by atoms with van der Waals surface area (Å²) in [5, 5.41) is 0. The molecule has 128 valence electrons. The molecular formula is C26H20Hf. The van der Waals surface area contributed by atoms with Gasteiger partial charge in [0.1, 0.15) is 0 Å². The molecule has 0 N–H and O–H groups in total. The molecule has 0 saturated heterocycles. The van der Waals surface area contributed by atoms with Crippen molar-refractivity contribution in [2.45, 2.75) is 12.8 Å². The fraction of sp³-hybridized carbons (Fsp3) is 0.0769. The summed E-state index contributed by atoms with van der Waals surface area (Å²) in [5.41, 5.74) is 11.0. The molecule has 0 aliphatic heterocycles. The van der Waals surface area contributed by atoms with Crippen molar-refractivity contribution in [3.63, 3.8) is 0 Å². The van der Waals surface area contributed by atoms with Crippen LogP contribution in [0.5, 0.6) is 0 Å². The minimum absolute atomic E-state index is 0. The van der Waals surface area contributed by atoms with Gasteiger partial charge >= 0.3 is 25.8 Å². The average molecular weight is 511 g/mol. The fourth-order valence-corrected chi connectivity index (χ4v) is 4.00. The van der Waals surface area contributed by atoms with Crippen molar-refractivity contribution in [1.29, 1.82) is 0 Å². The van der Waals surface area contributed by atoms with Crippen LogP contribution >= 0.6 is 0 Å². The normalized spacial score (nSPS) is 11.9. The first-order valence-electron chi connectivity index (χ1n) is 9.06. The van der Waals surface area contributed by atoms with Gasteiger partial charge in [0.2, 0.25) is 0 Å². The van der Waals surface area contributed by atoms with E-state index in [-0.39, 0.29) is 28.7 Å². The number of rotatable bonds is 0. The summed E-state index contributed by atoms with van der Waals surface area (Å²) in [6, 6.07) is 36.2. The molecular weight excluding hydrogens is 491 g/mol. The maximum absolute atomic E-state index is 3.30. The molecule has 0 saturated carbocycles. The smallest absolute Gasteiger partial charge is 1.00 e. The molecule has 0 fully saturated rings. The zero-order chi connectivity index (χ0) is 17.3. The van der Waals surface area contributed by atoms with Gasteiger partial charge in [0, 0.05) is 0 Å². The van der Waals surface area contributed by atoms with Gasteiger partial charge in [-0.15, -0.1) is 11.1 Å². The molecule has 0 radical (unpaired) electrons. The van der Waals surface area contributed by atoms with E-state index in [4.69, 9.17) is 0 Å². The summed E-state index contributed by atoms with van der Waals surface area (Å²) in [7, 11) is 0. The first-order valence-corrected chi connectivity index (χ1v) is 9.06. The molecule has 0 heterocycles. The van der Waals surface area contributed by atoms with Crippen molar-refractivity contribution in [2.75, 3.05) is 0 Å². The molecule has 0 atom stereocenters. The standard InChI is InChI=1S/2C13H9.Hf.2H/c2*1-3-7-12-10(5-1)9-11-6-2-4-8-13(11)12;;;/h2*1-5,7-8H,9H2;;;/q2*-1;+4;2*-1. The number of benzene rings is 4. The van der Waals surface area contributed by atoms with Gasteiger partial charge in [-0.3, -0.25) is 0 Å². The molecule has 27 heavy (non-hydrogen) atoms. The van der Waals surface area contributed by atoms with Gasteiger partial charge in [-0.2, -0.15) is 59.7 Å². The Morgan fingerprint density at radius 2 is 0.926 bits per heavy atom. The van der Waals surface area contributed by atoms with Gasteiger partial charge in [-0.05, 0) is 12.8 Å². The van der Waals surface area contributed by atoms with Gasteiger partial charge in [-0.25, -0.2) is 0 Å². The molecule has 0 unspecified atom stereocenters. The van der Waals surface area contributed by atoms with Crippen LogP contribution in [0.15, 0.2) is 84.9 Å². The van der Waals surface area contributed by atoms with E-state index in [9.17, 15) is 0 Å². The van der Waals surface area contributed by atoms with E-state index < -0.39 is 0 Å². The molecule has 6 rings (SSSR count). The maximum atomic E-state index is 3.30. The van der Waals surface area contributed by atoms with Crippen LogP contribution in [0.1, 0.15) is 25.1 Å². The predicted octanol–water partition coefficient (Wildman–Crippen LogP) is 6.34. The third kappa shape index (κ3) is 3.37. The summed E-state index contributed by atoms with van der Waals surface area (Å²) in [6.07, 6.45) is 2.10. The minimum Gasteiger partial charge on any atom is -1.00 e. The van der Waals surface area contributed by atoms with Crippen molar-refractivity contribution in [3.05, 3.63) is 119 Å². The Balaban J connectivity index is 0.000000187. The monoisotopic (exact) mass is 512 g/mol. The van der Waals surface area contributed by atoms with Gasteiger partial charge in [0.15, 0.2) is 0 Å². The summed E-state index contributed by atoms with van der Waals surface area (Å²) in [4.78, 5) is 0. The second kappa shape index (κ2) is 7.78. The van der Waals surface area contributed by atoms with Gasteiger partial charge in [-0.1, -0.05) is 70.8 Å². The molecule has 0 bridgehead atoms. The van der Waals surface area contributed by atoms with Gasteiger partial charge in [0.05, 0.1) is 0 Å². The fourth-order valence-electron chi connectivity index (χ4n) is 4.00. The zero-order valence-electron chi connectivity index (χ0n) is 17.0. The Kier molecular flexibility index (Phi) is 5.22. The third-order valence-corrected chi connectivity index (χ3v) is 5.23. The van der Waals surface area contributed by atoms with E-state index >= 15 is 0 Å². The first-order chi connectivity index (χ1) is 12.9. The van der Waals surface area contributed by atoms with E-state index in [1.165, 1.54) is 44.5 Å². The van der Waals surface area contributed by atoms with E-state index in [1.54, 1.807) is 0 Å². The number of fused-ring (bicyclic) bond motifs is 6. The number of hydrogen-bond donors (Lipinski definition) is 0. The second-order valence-electron chi connectivity index (χ2n) is 6.79. The molecule has 0 nitrogen and oxygen atoms in total. The predicted molar refractivity (Wildman–Crippen MR) is 109 cm³/mol. The molecule has 0 aromatic heterocycles. The van der Waals surface area contributed by atoms with E-state index in [0.717, 1.165) is 12.8 Å². The third-order valence-electron chi connectivity index (χ3n) is 5.23. The Labute approximate surface area is 182 Å². The Morgan fingerprint density at radius 1 is 0.519 bits per heavy atom. The van der Waals surface area contributed by atoms with Crippen LogP contribution in [-0.2, 0) is 38.7 Å². The van der Waals surface area contributed by atoms with Crippen LogP contribution in [0.4, 0.5) is 0 Å². The summed E-state index contributed by atoms with van der Waals surface area (Å²) in [6.45, 7) is 0. The van der Waals surface area contributed by atoms with Crippen LogP contribution in [0.2, 0.25) is 0 Å². The SMILES string of the molecule is [H-].[H-].[Hf+4].[c-]1cccc2c1Cc1ccccc1-2.[c-]1cccc2c1Cc1ccccc1-2. The Bertz CT molecular complexity index is 929. The number of hydrogen-bond acceptors (Lipinski definition) is 0. The van der Waals surface area contributed by atoms with E-state index in [1.807, 2.05) is 12.1 Å². The van der Waals surface area contributed by atoms with Gasteiger partial charge < -0.3 is 2.85 Å². The molecule has 0 spiro atoms. The second-order valence-corrected chi connectivity index (χ2v) is 6.79. The van der Waals surface area contributed by atoms with Crippen LogP contribution in [0.25, 0.3) is 22.3 Å². The van der Waals surface area contributed by atoms with Gasteiger partial charge in [0.25, 0.3) is 0 Å². The van der Waals surface area contributed by atoms with E-state index in [2.05, 4.69) is 84.9 Å². The average Bonchev–Trinajstić information content (AvgIpc) is 3.27. The molecule has 1 heteroatoms. The van der Waals surface area contributed by atoms with Crippen molar-refractivity contribution < 1.29 is 28.7 Å². The molecule has 0 amide bonds. The van der Waals surface area contributed by atoms with Crippen molar-refractivity contribution in [3.8, 4) is 22.3 Å². The quantitative estimate of drug-likeness (QED) is 0.165. The molecule has 4 aromatic rings. The summed E-state index contributed by atoms with van der Waals surface area (Å²) >= 11 is 0.